The van der Waals surface area contributed by atoms with Gasteiger partial charge < -0.3 is 23.2 Å². The van der Waals surface area contributed by atoms with Crippen molar-refractivity contribution in [3.63, 3.8) is 0 Å². The van der Waals surface area contributed by atoms with Gasteiger partial charge in [-0.2, -0.15) is 0 Å². The fourth-order valence-electron chi connectivity index (χ4n) is 4.48. The first-order valence-electron chi connectivity index (χ1n) is 12.1. The topological polar surface area (TPSA) is 101 Å². The van der Waals surface area contributed by atoms with Crippen molar-refractivity contribution in [3.05, 3.63) is 60.0 Å². The zero-order valence-corrected chi connectivity index (χ0v) is 20.7. The molecular weight excluding hydrogens is 448 g/mol. The maximum Gasteiger partial charge on any atom is 0.236 e. The number of nitrogens with zero attached hydrogens (tertiary/aromatic N) is 6. The molecule has 1 aliphatic rings. The number of aryl methyl sites for hydroxylation is 2. The van der Waals surface area contributed by atoms with Crippen molar-refractivity contribution >= 4 is 11.8 Å². The second-order valence-electron chi connectivity index (χ2n) is 9.23. The monoisotopic (exact) mass is 482 g/mol. The van der Waals surface area contributed by atoms with E-state index in [9.17, 15) is 9.59 Å². The van der Waals surface area contributed by atoms with Gasteiger partial charge in [-0.25, -0.2) is 0 Å². The van der Waals surface area contributed by atoms with Crippen molar-refractivity contribution in [2.45, 2.75) is 45.8 Å². The normalized spacial score (nSPS) is 15.3. The van der Waals surface area contributed by atoms with Crippen LogP contribution in [0.15, 0.2) is 45.6 Å². The third kappa shape index (κ3) is 6.39. The third-order valence-electron chi connectivity index (χ3n) is 6.47. The number of amides is 2. The summed E-state index contributed by atoms with van der Waals surface area (Å²) in [5.41, 5.74) is 0. The van der Waals surface area contributed by atoms with Gasteiger partial charge in [-0.3, -0.25) is 14.5 Å². The molecule has 0 unspecified atom stereocenters. The maximum atomic E-state index is 13.1. The minimum absolute atomic E-state index is 0.0575. The van der Waals surface area contributed by atoms with Crippen LogP contribution in [-0.2, 0) is 42.1 Å². The summed E-state index contributed by atoms with van der Waals surface area (Å²) in [5.74, 6) is 3.64. The van der Waals surface area contributed by atoms with Crippen molar-refractivity contribution in [2.75, 3.05) is 33.7 Å². The zero-order valence-electron chi connectivity index (χ0n) is 20.7. The summed E-state index contributed by atoms with van der Waals surface area (Å²) in [4.78, 5) is 31.4. The van der Waals surface area contributed by atoms with E-state index in [1.54, 1.807) is 48.6 Å². The highest BCUT2D eigenvalue weighted by Crippen LogP contribution is 2.21. The smallest absolute Gasteiger partial charge is 0.236 e. The van der Waals surface area contributed by atoms with Gasteiger partial charge in [0.15, 0.2) is 0 Å². The highest BCUT2D eigenvalue weighted by atomic mass is 16.3. The molecule has 0 fully saturated rings. The van der Waals surface area contributed by atoms with Gasteiger partial charge in [0.2, 0.25) is 11.8 Å². The number of carbonyl (C=O) groups is 2. The number of furan rings is 2. The van der Waals surface area contributed by atoms with Crippen molar-refractivity contribution in [3.8, 4) is 0 Å². The molecule has 10 heteroatoms. The average Bonchev–Trinajstić information content (AvgIpc) is 3.61. The molecule has 0 spiro atoms. The molecule has 4 heterocycles. The van der Waals surface area contributed by atoms with E-state index in [0.29, 0.717) is 25.6 Å². The van der Waals surface area contributed by atoms with Gasteiger partial charge in [0.25, 0.3) is 0 Å². The van der Waals surface area contributed by atoms with Gasteiger partial charge in [-0.1, -0.05) is 6.92 Å². The van der Waals surface area contributed by atoms with Crippen molar-refractivity contribution in [1.82, 2.24) is 29.5 Å². The molecule has 188 valence electrons. The predicted octanol–water partition coefficient (Wildman–Crippen LogP) is 2.21. The summed E-state index contributed by atoms with van der Waals surface area (Å²) in [6.45, 7) is 4.61. The number of rotatable bonds is 11. The summed E-state index contributed by atoms with van der Waals surface area (Å²) < 4.78 is 13.0. The molecule has 2 amide bonds. The Morgan fingerprint density at radius 2 is 1.60 bits per heavy atom. The lowest BCUT2D eigenvalue weighted by atomic mass is 9.98. The Balaban J connectivity index is 1.42. The van der Waals surface area contributed by atoms with Crippen LogP contribution in [0, 0.1) is 5.92 Å². The Labute approximate surface area is 205 Å². The summed E-state index contributed by atoms with van der Waals surface area (Å²) in [5, 5.41) is 8.62. The Kier molecular flexibility index (Phi) is 8.02. The number of hydrogen-bond acceptors (Lipinski definition) is 7. The van der Waals surface area contributed by atoms with Crippen molar-refractivity contribution in [1.29, 1.82) is 0 Å². The molecule has 0 bridgehead atoms. The highest BCUT2D eigenvalue weighted by molar-refractivity contribution is 5.81. The third-order valence-corrected chi connectivity index (χ3v) is 6.47. The van der Waals surface area contributed by atoms with Crippen LogP contribution in [0.5, 0.6) is 0 Å². The first-order chi connectivity index (χ1) is 16.9. The molecule has 0 aromatic carbocycles. The van der Waals surface area contributed by atoms with Gasteiger partial charge in [0.05, 0.1) is 38.7 Å². The van der Waals surface area contributed by atoms with E-state index >= 15 is 0 Å². The van der Waals surface area contributed by atoms with Crippen molar-refractivity contribution < 1.29 is 18.4 Å². The van der Waals surface area contributed by atoms with E-state index in [1.165, 1.54) is 0 Å². The maximum absolute atomic E-state index is 13.1. The van der Waals surface area contributed by atoms with E-state index in [-0.39, 0.29) is 24.9 Å². The molecule has 10 nitrogen and oxygen atoms in total. The summed E-state index contributed by atoms with van der Waals surface area (Å²) in [6.07, 6.45) is 5.83. The number of likely N-dealkylation sites (N-methyl/N-ethyl adjacent to an activating group) is 2. The van der Waals surface area contributed by atoms with Gasteiger partial charge in [0, 0.05) is 40.0 Å². The van der Waals surface area contributed by atoms with E-state index in [1.807, 2.05) is 17.0 Å². The summed E-state index contributed by atoms with van der Waals surface area (Å²) in [7, 11) is 3.51. The summed E-state index contributed by atoms with van der Waals surface area (Å²) >= 11 is 0. The number of hydrogen-bond donors (Lipinski definition) is 0. The lowest BCUT2D eigenvalue weighted by molar-refractivity contribution is -0.135. The molecule has 0 N–H and O–H groups in total. The molecular formula is C25H34N6O4. The fraction of sp³-hybridized carbons (Fsp3) is 0.520. The standard InChI is InChI=1S/C25H34N6O4/c1-4-22-26-27-23-10-9-19(14-31(22)23)13-30(17-24(32)28(2)15-20-7-5-11-34-20)18-25(33)29(3)16-21-8-6-12-35-21/h5-8,11-12,19H,4,9-10,13-18H2,1-3H3/t19-/m1/s1. The van der Waals surface area contributed by atoms with E-state index < -0.39 is 0 Å². The highest BCUT2D eigenvalue weighted by Gasteiger charge is 2.27. The Morgan fingerprint density at radius 3 is 2.11 bits per heavy atom. The average molecular weight is 483 g/mol. The van der Waals surface area contributed by atoms with Gasteiger partial charge >= 0.3 is 0 Å². The van der Waals surface area contributed by atoms with Crippen LogP contribution >= 0.6 is 0 Å². The van der Waals surface area contributed by atoms with Gasteiger partial charge in [-0.15, -0.1) is 10.2 Å². The number of aromatic nitrogens is 3. The largest absolute Gasteiger partial charge is 0.467 e. The summed E-state index contributed by atoms with van der Waals surface area (Å²) in [6, 6.07) is 7.30. The molecule has 0 saturated carbocycles. The molecule has 35 heavy (non-hydrogen) atoms. The molecule has 0 radical (unpaired) electrons. The predicted molar refractivity (Wildman–Crippen MR) is 128 cm³/mol. The van der Waals surface area contributed by atoms with Crippen LogP contribution in [0.3, 0.4) is 0 Å². The Morgan fingerprint density at radius 1 is 1.00 bits per heavy atom. The molecule has 0 saturated heterocycles. The molecule has 1 atom stereocenters. The van der Waals surface area contributed by atoms with Gasteiger partial charge in [-0.05, 0) is 36.6 Å². The molecule has 4 rings (SSSR count). The lowest BCUT2D eigenvalue weighted by Gasteiger charge is -2.31. The first kappa shape index (κ1) is 24.7. The minimum Gasteiger partial charge on any atom is -0.467 e. The van der Waals surface area contributed by atoms with Gasteiger partial charge in [0.1, 0.15) is 23.2 Å². The van der Waals surface area contributed by atoms with E-state index in [2.05, 4.69) is 21.7 Å². The quantitative estimate of drug-likeness (QED) is 0.413. The molecule has 3 aromatic rings. The first-order valence-corrected chi connectivity index (χ1v) is 12.1. The van der Waals surface area contributed by atoms with E-state index in [0.717, 1.165) is 49.0 Å². The molecule has 1 aliphatic heterocycles. The Bertz CT molecular complexity index is 1020. The molecule has 0 aliphatic carbocycles. The van der Waals surface area contributed by atoms with E-state index in [4.69, 9.17) is 8.83 Å². The second-order valence-corrected chi connectivity index (χ2v) is 9.23. The number of carbonyl (C=O) groups excluding carboxylic acids is 2. The van der Waals surface area contributed by atoms with Crippen LogP contribution in [0.2, 0.25) is 0 Å². The zero-order chi connectivity index (χ0) is 24.8. The van der Waals surface area contributed by atoms with Crippen LogP contribution in [0.1, 0.15) is 36.5 Å². The van der Waals surface area contributed by atoms with Crippen LogP contribution in [0.4, 0.5) is 0 Å². The fourth-order valence-corrected chi connectivity index (χ4v) is 4.48. The van der Waals surface area contributed by atoms with Crippen LogP contribution < -0.4 is 0 Å². The molecule has 3 aromatic heterocycles. The second kappa shape index (κ2) is 11.4. The van der Waals surface area contributed by atoms with Crippen LogP contribution in [-0.4, -0.2) is 75.0 Å². The Hall–Kier alpha value is -3.40. The van der Waals surface area contributed by atoms with Crippen molar-refractivity contribution in [2.24, 2.45) is 5.92 Å². The van der Waals surface area contributed by atoms with Crippen LogP contribution in [0.25, 0.3) is 0 Å². The lowest BCUT2D eigenvalue weighted by Crippen LogP contribution is -2.46. The number of fused-ring (bicyclic) bond motifs is 1. The SMILES string of the molecule is CCc1nnc2n1C[C@@H](CN(CC(=O)N(C)Cc1ccco1)CC(=O)N(C)Cc1ccco1)CC2. The minimum atomic E-state index is -0.0575.